The topological polar surface area (TPSA) is 20.2 Å². The average Bonchev–Trinajstić information content (AvgIpc) is 2.89. The molecule has 1 nitrogen and oxygen atoms in total. The molecule has 0 spiro atoms. The van der Waals surface area contributed by atoms with E-state index in [9.17, 15) is 5.11 Å². The number of aromatic hydroxyl groups is 1. The molecule has 3 rings (SSSR count). The van der Waals surface area contributed by atoms with Gasteiger partial charge in [-0.05, 0) is 18.1 Å². The molecular weight excluding hydrogens is 271 g/mol. The normalized spacial score (nSPS) is 10.7. The molecule has 0 saturated carbocycles. The van der Waals surface area contributed by atoms with Gasteiger partial charge < -0.3 is 5.11 Å². The summed E-state index contributed by atoms with van der Waals surface area (Å²) < 4.78 is 2.31. The van der Waals surface area contributed by atoms with E-state index in [-0.39, 0.29) is 0 Å². The minimum atomic E-state index is 0.390. The minimum absolute atomic E-state index is 0.390. The number of hydrogen-bond acceptors (Lipinski definition) is 2. The Balaban J connectivity index is 0.000000282. The summed E-state index contributed by atoms with van der Waals surface area (Å²) in [5, 5.41) is 13.6. The molecule has 2 aromatic carbocycles. The molecule has 3 aromatic rings. The number of hydrogen-bond donors (Lipinski definition) is 1. The van der Waals surface area contributed by atoms with Gasteiger partial charge in [0.05, 0.1) is 4.70 Å². The molecule has 0 saturated heterocycles. The molecule has 0 radical (unpaired) electrons. The van der Waals surface area contributed by atoms with E-state index in [1.54, 1.807) is 17.4 Å². The monoisotopic (exact) mass is 292 g/mol. The van der Waals surface area contributed by atoms with E-state index in [4.69, 9.17) is 0 Å². The van der Waals surface area contributed by atoms with Crippen LogP contribution in [0.25, 0.3) is 20.2 Å². The van der Waals surface area contributed by atoms with Crippen molar-refractivity contribution in [2.24, 2.45) is 0 Å². The third-order valence-corrected chi connectivity index (χ3v) is 4.99. The van der Waals surface area contributed by atoms with Crippen LogP contribution < -0.4 is 0 Å². The van der Waals surface area contributed by atoms with Crippen molar-refractivity contribution in [2.45, 2.75) is 38.2 Å². The quantitative estimate of drug-likeness (QED) is 0.614. The number of rotatable bonds is 3. The van der Waals surface area contributed by atoms with Crippen molar-refractivity contribution in [2.75, 3.05) is 0 Å². The number of unbranched alkanes of at least 4 members (excludes halogenated alkanes) is 1. The maximum absolute atomic E-state index is 9.85. The molecule has 0 bridgehead atoms. The van der Waals surface area contributed by atoms with E-state index in [2.05, 4.69) is 55.8 Å². The van der Waals surface area contributed by atoms with Gasteiger partial charge in [0.2, 0.25) is 0 Å². The van der Waals surface area contributed by atoms with E-state index < -0.39 is 0 Å². The predicted octanol–water partition coefficient (Wildman–Crippen LogP) is 5.70. The zero-order valence-electron chi connectivity index (χ0n) is 13.1. The van der Waals surface area contributed by atoms with Gasteiger partial charge in [-0.1, -0.05) is 37.3 Å². The molecule has 1 N–H and O–H groups in total. The first kappa shape index (κ1) is 16.4. The van der Waals surface area contributed by atoms with Gasteiger partial charge in [-0.2, -0.15) is 0 Å². The van der Waals surface area contributed by atoms with Crippen LogP contribution in [0.5, 0.6) is 5.75 Å². The number of phenolic OH excluding ortho intramolecular Hbond substituents is 1. The molecular formula is C18H21LiOS. The Morgan fingerprint density at radius 2 is 1.67 bits per heavy atom. The van der Waals surface area contributed by atoms with Crippen LogP contribution in [0.15, 0.2) is 36.4 Å². The van der Waals surface area contributed by atoms with Crippen LogP contribution >= 0.6 is 11.3 Å². The van der Waals surface area contributed by atoms with Crippen molar-refractivity contribution in [3.8, 4) is 5.75 Å². The number of thiophene rings is 1. The zero-order chi connectivity index (χ0) is 15.2. The fourth-order valence-electron chi connectivity index (χ4n) is 2.50. The van der Waals surface area contributed by atoms with Crippen LogP contribution in [0, 0.1) is 0 Å². The van der Waals surface area contributed by atoms with Gasteiger partial charge in [-0.25, -0.2) is 0 Å². The van der Waals surface area contributed by atoms with E-state index in [0.717, 1.165) is 16.5 Å². The van der Waals surface area contributed by atoms with Crippen molar-refractivity contribution in [3.05, 3.63) is 42.0 Å². The first-order chi connectivity index (χ1) is 10.2. The van der Waals surface area contributed by atoms with E-state index in [0.29, 0.717) is 5.75 Å². The summed E-state index contributed by atoms with van der Waals surface area (Å²) in [4.78, 5) is 0. The molecule has 1 heterocycles. The molecule has 21 heavy (non-hydrogen) atoms. The summed E-state index contributed by atoms with van der Waals surface area (Å²) in [6.45, 7) is 4.38. The molecule has 0 amide bonds. The molecule has 0 aliphatic heterocycles. The van der Waals surface area contributed by atoms with Crippen molar-refractivity contribution in [1.29, 1.82) is 0 Å². The van der Waals surface area contributed by atoms with Crippen molar-refractivity contribution in [1.82, 2.24) is 0 Å². The zero-order valence-corrected chi connectivity index (χ0v) is 14.0. The molecule has 0 aliphatic carbocycles. The van der Waals surface area contributed by atoms with Gasteiger partial charge in [0, 0.05) is 15.5 Å². The van der Waals surface area contributed by atoms with Gasteiger partial charge in [0.1, 0.15) is 5.75 Å². The molecule has 1 aromatic heterocycles. The predicted molar refractivity (Wildman–Crippen MR) is 95.8 cm³/mol. The summed E-state index contributed by atoms with van der Waals surface area (Å²) >= 11 is 3.90. The van der Waals surface area contributed by atoms with Crippen LogP contribution in [0.2, 0.25) is 5.09 Å². The first-order valence-electron chi connectivity index (χ1n) is 7.84. The Morgan fingerprint density at radius 3 is 2.24 bits per heavy atom. The number of aryl methyl sites for hydroxylation is 1. The number of benzene rings is 2. The Labute approximate surface area is 140 Å². The number of fused-ring (bicyclic) bond motifs is 3. The molecule has 0 atom stereocenters. The fourth-order valence-corrected chi connectivity index (χ4v) is 3.79. The van der Waals surface area contributed by atoms with Crippen LogP contribution in [-0.2, 0) is 6.42 Å². The second-order valence-corrected chi connectivity index (χ2v) is 6.28. The third-order valence-electron chi connectivity index (χ3n) is 3.67. The summed E-state index contributed by atoms with van der Waals surface area (Å²) in [5.41, 5.74) is 1.36. The summed E-state index contributed by atoms with van der Waals surface area (Å²) in [5.74, 6) is 0.390. The Bertz CT molecular complexity index is 716. The van der Waals surface area contributed by atoms with Gasteiger partial charge in [-0.15, -0.1) is 11.3 Å². The Kier molecular flexibility index (Phi) is 6.18. The van der Waals surface area contributed by atoms with Crippen molar-refractivity contribution >= 4 is 49.2 Å². The first-order valence-corrected chi connectivity index (χ1v) is 8.66. The average molecular weight is 292 g/mol. The van der Waals surface area contributed by atoms with Crippen LogP contribution in [-0.4, -0.2) is 22.8 Å². The van der Waals surface area contributed by atoms with E-state index >= 15 is 0 Å². The van der Waals surface area contributed by atoms with Crippen LogP contribution in [0.3, 0.4) is 0 Å². The summed E-state index contributed by atoms with van der Waals surface area (Å²) in [7, 11) is 0. The second-order valence-electron chi connectivity index (χ2n) is 5.26. The Morgan fingerprint density at radius 1 is 1.00 bits per heavy atom. The fraction of sp³-hybridized carbons (Fsp3) is 0.333. The van der Waals surface area contributed by atoms with Crippen LogP contribution in [0.1, 0.15) is 32.3 Å². The van der Waals surface area contributed by atoms with E-state index in [1.807, 2.05) is 6.07 Å². The van der Waals surface area contributed by atoms with Crippen molar-refractivity contribution in [3.63, 3.8) is 0 Å². The molecule has 0 aliphatic rings. The summed E-state index contributed by atoms with van der Waals surface area (Å²) in [6.07, 6.45) is 3.77. The van der Waals surface area contributed by atoms with Gasteiger partial charge >= 0.3 is 42.6 Å². The third kappa shape index (κ3) is 3.63. The molecule has 3 heteroatoms. The Hall–Kier alpha value is -0.943. The molecule has 106 valence electrons. The molecule has 0 unspecified atom stereocenters. The van der Waals surface area contributed by atoms with Gasteiger partial charge in [-0.3, -0.25) is 0 Å². The number of phenols is 1. The van der Waals surface area contributed by atoms with Gasteiger partial charge in [0.25, 0.3) is 0 Å². The summed E-state index contributed by atoms with van der Waals surface area (Å²) in [6, 6.07) is 12.1. The standard InChI is InChI=1S/C14H12OS.C4H9.Li/c1-2-9-5-3-6-10-11-7-4-8-12(15)14(11)16-13(9)10;1-3-4-2;/h3-8,15H,2H2,1H3;1,3-4H2,2H3;. The SMILES string of the molecule is CCc1cccc2c1sc1c(O)cccc12.[Li][CH2]CCC. The van der Waals surface area contributed by atoms with Crippen LogP contribution in [0.4, 0.5) is 0 Å². The van der Waals surface area contributed by atoms with Crippen molar-refractivity contribution < 1.29 is 5.11 Å². The maximum atomic E-state index is 9.85. The van der Waals surface area contributed by atoms with Gasteiger partial charge in [0.15, 0.2) is 0 Å². The molecule has 0 fully saturated rings. The van der Waals surface area contributed by atoms with E-state index in [1.165, 1.54) is 33.6 Å². The second kappa shape index (κ2) is 7.89.